The third kappa shape index (κ3) is 6.46. The van der Waals surface area contributed by atoms with Crippen LogP contribution in [0.25, 0.3) is 0 Å². The second kappa shape index (κ2) is 9.61. The number of carbonyl (C=O) groups is 1. The Morgan fingerprint density at radius 1 is 1.33 bits per heavy atom. The molecular formula is C16H26N2O5S. The number of methoxy groups -OCH3 is 1. The molecule has 0 aliphatic carbocycles. The molecule has 0 fully saturated rings. The minimum Gasteiger partial charge on any atom is -0.484 e. The van der Waals surface area contributed by atoms with Crippen molar-refractivity contribution in [2.75, 3.05) is 26.9 Å². The molecule has 136 valence electrons. The number of nitrogens with one attached hydrogen (secondary N) is 2. The van der Waals surface area contributed by atoms with E-state index in [-0.39, 0.29) is 23.5 Å². The van der Waals surface area contributed by atoms with Crippen molar-refractivity contribution >= 4 is 15.9 Å². The van der Waals surface area contributed by atoms with E-state index in [1.54, 1.807) is 20.1 Å². The van der Waals surface area contributed by atoms with Crippen molar-refractivity contribution in [1.82, 2.24) is 10.0 Å². The van der Waals surface area contributed by atoms with Gasteiger partial charge in [0.1, 0.15) is 5.75 Å². The topological polar surface area (TPSA) is 93.7 Å². The molecule has 0 aromatic heterocycles. The molecule has 0 heterocycles. The Morgan fingerprint density at radius 2 is 2.04 bits per heavy atom. The van der Waals surface area contributed by atoms with E-state index in [2.05, 4.69) is 10.0 Å². The predicted molar refractivity (Wildman–Crippen MR) is 91.6 cm³/mol. The lowest BCUT2D eigenvalue weighted by Gasteiger charge is -2.14. The molecule has 1 amide bonds. The molecule has 0 unspecified atom stereocenters. The average molecular weight is 358 g/mol. The summed E-state index contributed by atoms with van der Waals surface area (Å²) in [6.07, 6.45) is 0.718. The molecular weight excluding hydrogens is 332 g/mol. The monoisotopic (exact) mass is 358 g/mol. The van der Waals surface area contributed by atoms with Crippen LogP contribution in [0.2, 0.25) is 0 Å². The first-order valence-electron chi connectivity index (χ1n) is 7.81. The SMILES string of the molecule is CCCNS(=O)(=O)c1ccc(OCC(=O)N[C@H](C)COC)c(C)c1. The van der Waals surface area contributed by atoms with Crippen LogP contribution in [0.3, 0.4) is 0 Å². The fourth-order valence-corrected chi connectivity index (χ4v) is 3.24. The van der Waals surface area contributed by atoms with Crippen LogP contribution in [0.5, 0.6) is 5.75 Å². The lowest BCUT2D eigenvalue weighted by molar-refractivity contribution is -0.124. The van der Waals surface area contributed by atoms with Crippen LogP contribution >= 0.6 is 0 Å². The van der Waals surface area contributed by atoms with E-state index >= 15 is 0 Å². The third-order valence-electron chi connectivity index (χ3n) is 3.18. The summed E-state index contributed by atoms with van der Waals surface area (Å²) in [5.74, 6) is 0.208. The normalized spacial score (nSPS) is 12.7. The van der Waals surface area contributed by atoms with Crippen molar-refractivity contribution in [3.05, 3.63) is 23.8 Å². The molecule has 0 saturated heterocycles. The number of sulfonamides is 1. The van der Waals surface area contributed by atoms with Crippen LogP contribution < -0.4 is 14.8 Å². The van der Waals surface area contributed by atoms with E-state index in [0.29, 0.717) is 24.5 Å². The number of ether oxygens (including phenoxy) is 2. The number of hydrogen-bond donors (Lipinski definition) is 2. The molecule has 0 spiro atoms. The zero-order valence-corrected chi connectivity index (χ0v) is 15.4. The number of carbonyl (C=O) groups excluding carboxylic acids is 1. The van der Waals surface area contributed by atoms with Crippen LogP contribution in [0.4, 0.5) is 0 Å². The van der Waals surface area contributed by atoms with E-state index < -0.39 is 10.0 Å². The van der Waals surface area contributed by atoms with Crippen molar-refractivity contribution in [3.63, 3.8) is 0 Å². The highest BCUT2D eigenvalue weighted by Crippen LogP contribution is 2.21. The summed E-state index contributed by atoms with van der Waals surface area (Å²) in [5, 5.41) is 2.73. The Kier molecular flexibility index (Phi) is 8.17. The van der Waals surface area contributed by atoms with Gasteiger partial charge in [-0.05, 0) is 44.0 Å². The van der Waals surface area contributed by atoms with Gasteiger partial charge in [-0.25, -0.2) is 13.1 Å². The van der Waals surface area contributed by atoms with Crippen molar-refractivity contribution in [2.24, 2.45) is 0 Å². The maximum Gasteiger partial charge on any atom is 0.258 e. The number of hydrogen-bond acceptors (Lipinski definition) is 5. The molecule has 0 bridgehead atoms. The quantitative estimate of drug-likeness (QED) is 0.656. The molecule has 0 radical (unpaired) electrons. The summed E-state index contributed by atoms with van der Waals surface area (Å²) < 4.78 is 37.1. The van der Waals surface area contributed by atoms with Gasteiger partial charge >= 0.3 is 0 Å². The molecule has 7 nitrogen and oxygen atoms in total. The van der Waals surface area contributed by atoms with Crippen molar-refractivity contribution in [2.45, 2.75) is 38.1 Å². The lowest BCUT2D eigenvalue weighted by Crippen LogP contribution is -2.38. The average Bonchev–Trinajstić information content (AvgIpc) is 2.51. The molecule has 1 aromatic rings. The third-order valence-corrected chi connectivity index (χ3v) is 4.64. The predicted octanol–water partition coefficient (Wildman–Crippen LogP) is 1.21. The van der Waals surface area contributed by atoms with Crippen LogP contribution in [-0.4, -0.2) is 47.2 Å². The summed E-state index contributed by atoms with van der Waals surface area (Å²) in [4.78, 5) is 11.9. The summed E-state index contributed by atoms with van der Waals surface area (Å²) in [6, 6.07) is 4.44. The Hall–Kier alpha value is -1.64. The van der Waals surface area contributed by atoms with E-state index in [1.807, 2.05) is 13.8 Å². The van der Waals surface area contributed by atoms with Gasteiger partial charge in [0.05, 0.1) is 11.5 Å². The van der Waals surface area contributed by atoms with Gasteiger partial charge in [-0.2, -0.15) is 0 Å². The standard InChI is InChI=1S/C16H26N2O5S/c1-5-8-17-24(20,21)14-6-7-15(12(2)9-14)23-11-16(19)18-13(3)10-22-4/h6-7,9,13,17H,5,8,10-11H2,1-4H3,(H,18,19)/t13-/m1/s1. The van der Waals surface area contributed by atoms with E-state index in [9.17, 15) is 13.2 Å². The van der Waals surface area contributed by atoms with Gasteiger partial charge in [0.15, 0.2) is 6.61 Å². The van der Waals surface area contributed by atoms with Gasteiger partial charge in [0.25, 0.3) is 5.91 Å². The largest absolute Gasteiger partial charge is 0.484 e. The van der Waals surface area contributed by atoms with Crippen LogP contribution in [-0.2, 0) is 19.6 Å². The smallest absolute Gasteiger partial charge is 0.258 e. The maximum atomic E-state index is 12.1. The van der Waals surface area contributed by atoms with Gasteiger partial charge in [-0.15, -0.1) is 0 Å². The number of amides is 1. The Bertz CT molecular complexity index is 646. The first kappa shape index (κ1) is 20.4. The lowest BCUT2D eigenvalue weighted by atomic mass is 10.2. The van der Waals surface area contributed by atoms with Gasteiger partial charge in [0.2, 0.25) is 10.0 Å². The van der Waals surface area contributed by atoms with Crippen molar-refractivity contribution < 1.29 is 22.7 Å². The Labute approximate surface area is 143 Å². The molecule has 1 rings (SSSR count). The minimum atomic E-state index is -3.51. The van der Waals surface area contributed by atoms with Gasteiger partial charge < -0.3 is 14.8 Å². The molecule has 0 saturated carbocycles. The van der Waals surface area contributed by atoms with E-state index in [0.717, 1.165) is 6.42 Å². The second-order valence-electron chi connectivity index (χ2n) is 5.54. The summed E-state index contributed by atoms with van der Waals surface area (Å²) >= 11 is 0. The summed E-state index contributed by atoms with van der Waals surface area (Å²) in [5.41, 5.74) is 0.645. The highest BCUT2D eigenvalue weighted by atomic mass is 32.2. The summed E-state index contributed by atoms with van der Waals surface area (Å²) in [7, 11) is -1.95. The fourth-order valence-electron chi connectivity index (χ4n) is 2.02. The zero-order chi connectivity index (χ0) is 18.2. The summed E-state index contributed by atoms with van der Waals surface area (Å²) in [6.45, 7) is 6.12. The second-order valence-corrected chi connectivity index (χ2v) is 7.30. The number of aryl methyl sites for hydroxylation is 1. The van der Waals surface area contributed by atoms with Gasteiger partial charge in [0, 0.05) is 19.7 Å². The highest BCUT2D eigenvalue weighted by Gasteiger charge is 2.15. The molecule has 8 heteroatoms. The first-order chi connectivity index (χ1) is 11.3. The van der Waals surface area contributed by atoms with Crippen LogP contribution in [0.15, 0.2) is 23.1 Å². The van der Waals surface area contributed by atoms with E-state index in [1.165, 1.54) is 12.1 Å². The Morgan fingerprint density at radius 3 is 2.62 bits per heavy atom. The number of rotatable bonds is 10. The molecule has 2 N–H and O–H groups in total. The molecule has 1 aromatic carbocycles. The van der Waals surface area contributed by atoms with Gasteiger partial charge in [-0.3, -0.25) is 4.79 Å². The molecule has 24 heavy (non-hydrogen) atoms. The van der Waals surface area contributed by atoms with E-state index in [4.69, 9.17) is 9.47 Å². The first-order valence-corrected chi connectivity index (χ1v) is 9.30. The minimum absolute atomic E-state index is 0.107. The van der Waals surface area contributed by atoms with Crippen molar-refractivity contribution in [1.29, 1.82) is 0 Å². The van der Waals surface area contributed by atoms with Crippen LogP contribution in [0, 0.1) is 6.92 Å². The van der Waals surface area contributed by atoms with Gasteiger partial charge in [-0.1, -0.05) is 6.92 Å². The maximum absolute atomic E-state index is 12.1. The molecule has 1 atom stereocenters. The Balaban J connectivity index is 2.67. The molecule has 0 aliphatic heterocycles. The van der Waals surface area contributed by atoms with Crippen LogP contribution in [0.1, 0.15) is 25.8 Å². The van der Waals surface area contributed by atoms with Crippen molar-refractivity contribution in [3.8, 4) is 5.75 Å². The number of benzene rings is 1. The fraction of sp³-hybridized carbons (Fsp3) is 0.562. The zero-order valence-electron chi connectivity index (χ0n) is 14.6. The molecule has 0 aliphatic rings. The highest BCUT2D eigenvalue weighted by molar-refractivity contribution is 7.89.